The molecule has 0 aliphatic carbocycles. The third-order valence-electron chi connectivity index (χ3n) is 3.02. The Morgan fingerprint density at radius 2 is 2.17 bits per heavy atom. The fourth-order valence-corrected chi connectivity index (χ4v) is 1.84. The van der Waals surface area contributed by atoms with E-state index >= 15 is 0 Å². The molecule has 3 aromatic rings. The van der Waals surface area contributed by atoms with Crippen LogP contribution >= 0.6 is 0 Å². The van der Waals surface area contributed by atoms with Crippen molar-refractivity contribution >= 4 is 17.7 Å². The normalized spacial score (nSPS) is 10.8. The topological polar surface area (TPSA) is 131 Å². The van der Waals surface area contributed by atoms with E-state index in [-0.39, 0.29) is 17.0 Å². The summed E-state index contributed by atoms with van der Waals surface area (Å²) in [5.74, 6) is 0.853. The van der Waals surface area contributed by atoms with Gasteiger partial charge in [0.05, 0.1) is 11.1 Å². The highest BCUT2D eigenvalue weighted by molar-refractivity contribution is 5.84. The molecule has 2 N–H and O–H groups in total. The zero-order valence-corrected chi connectivity index (χ0v) is 12.1. The SMILES string of the molecule is O=[N+]([O-])c1ccc(O)c(/C=N\Nc2ccc(-n3ccnc3)nn2)c1. The minimum Gasteiger partial charge on any atom is -0.507 e. The quantitative estimate of drug-likeness (QED) is 0.414. The number of nitro groups is 1. The molecule has 0 atom stereocenters. The number of hydrogen-bond acceptors (Lipinski definition) is 8. The summed E-state index contributed by atoms with van der Waals surface area (Å²) in [6.45, 7) is 0. The molecule has 10 heteroatoms. The van der Waals surface area contributed by atoms with Gasteiger partial charge in [0.1, 0.15) is 12.1 Å². The summed E-state index contributed by atoms with van der Waals surface area (Å²) in [7, 11) is 0. The molecule has 0 saturated heterocycles. The Balaban J connectivity index is 1.70. The Morgan fingerprint density at radius 3 is 2.83 bits per heavy atom. The van der Waals surface area contributed by atoms with Crippen molar-refractivity contribution in [1.82, 2.24) is 19.7 Å². The number of phenols is 1. The number of rotatable bonds is 5. The van der Waals surface area contributed by atoms with Gasteiger partial charge in [-0.1, -0.05) is 0 Å². The van der Waals surface area contributed by atoms with E-state index in [4.69, 9.17) is 0 Å². The first-order valence-corrected chi connectivity index (χ1v) is 6.72. The van der Waals surface area contributed by atoms with E-state index < -0.39 is 4.92 Å². The zero-order chi connectivity index (χ0) is 16.9. The van der Waals surface area contributed by atoms with Gasteiger partial charge in [-0.2, -0.15) is 5.10 Å². The van der Waals surface area contributed by atoms with Gasteiger partial charge >= 0.3 is 0 Å². The van der Waals surface area contributed by atoms with Crippen LogP contribution in [0.15, 0.2) is 54.2 Å². The molecule has 24 heavy (non-hydrogen) atoms. The first-order chi connectivity index (χ1) is 11.6. The molecule has 0 unspecified atom stereocenters. The largest absolute Gasteiger partial charge is 0.507 e. The van der Waals surface area contributed by atoms with Crippen molar-refractivity contribution in [1.29, 1.82) is 0 Å². The Labute approximate surface area is 135 Å². The number of aromatic nitrogens is 4. The third kappa shape index (κ3) is 3.32. The Hall–Kier alpha value is -3.82. The van der Waals surface area contributed by atoms with E-state index in [0.717, 1.165) is 0 Å². The number of nitrogens with one attached hydrogen (secondary N) is 1. The van der Waals surface area contributed by atoms with Gasteiger partial charge in [-0.15, -0.1) is 10.2 Å². The zero-order valence-electron chi connectivity index (χ0n) is 12.1. The van der Waals surface area contributed by atoms with Crippen molar-refractivity contribution in [3.63, 3.8) is 0 Å². The number of hydrazone groups is 1. The second-order valence-corrected chi connectivity index (χ2v) is 4.62. The maximum absolute atomic E-state index is 10.7. The standard InChI is InChI=1S/C14H11N7O3/c22-12-2-1-11(21(23)24)7-10(12)8-16-17-13-3-4-14(19-18-13)20-6-5-15-9-20/h1-9,22H,(H,17,18)/b16-8-. The molecular formula is C14H11N7O3. The molecule has 0 saturated carbocycles. The maximum Gasteiger partial charge on any atom is 0.270 e. The predicted molar refractivity (Wildman–Crippen MR) is 85.1 cm³/mol. The van der Waals surface area contributed by atoms with Crippen LogP contribution < -0.4 is 5.43 Å². The minimum absolute atomic E-state index is 0.118. The van der Waals surface area contributed by atoms with Crippen LogP contribution in [0.4, 0.5) is 11.5 Å². The molecule has 0 spiro atoms. The van der Waals surface area contributed by atoms with E-state index in [9.17, 15) is 15.2 Å². The third-order valence-corrected chi connectivity index (χ3v) is 3.02. The molecule has 2 heterocycles. The average Bonchev–Trinajstić information content (AvgIpc) is 3.11. The van der Waals surface area contributed by atoms with Crippen molar-refractivity contribution in [2.45, 2.75) is 0 Å². The molecule has 0 amide bonds. The maximum atomic E-state index is 10.7. The smallest absolute Gasteiger partial charge is 0.270 e. The van der Waals surface area contributed by atoms with E-state index in [1.165, 1.54) is 24.4 Å². The Morgan fingerprint density at radius 1 is 1.29 bits per heavy atom. The highest BCUT2D eigenvalue weighted by atomic mass is 16.6. The number of benzene rings is 1. The molecular weight excluding hydrogens is 314 g/mol. The van der Waals surface area contributed by atoms with E-state index in [1.54, 1.807) is 35.4 Å². The van der Waals surface area contributed by atoms with Crippen molar-refractivity contribution in [2.75, 3.05) is 5.43 Å². The summed E-state index contributed by atoms with van der Waals surface area (Å²) < 4.78 is 1.70. The molecule has 0 fully saturated rings. The number of anilines is 1. The fraction of sp³-hybridized carbons (Fsp3) is 0. The van der Waals surface area contributed by atoms with Gasteiger partial charge in [-0.05, 0) is 18.2 Å². The number of non-ortho nitro benzene ring substituents is 1. The molecule has 1 aromatic carbocycles. The van der Waals surface area contributed by atoms with Crippen LogP contribution in [0.25, 0.3) is 5.82 Å². The van der Waals surface area contributed by atoms with Gasteiger partial charge in [-0.25, -0.2) is 4.98 Å². The van der Waals surface area contributed by atoms with Gasteiger partial charge in [0.15, 0.2) is 11.6 Å². The number of nitro benzene ring substituents is 1. The highest BCUT2D eigenvalue weighted by Crippen LogP contribution is 2.21. The van der Waals surface area contributed by atoms with Crippen LogP contribution in [-0.4, -0.2) is 36.0 Å². The lowest BCUT2D eigenvalue weighted by Crippen LogP contribution is -2.00. The van der Waals surface area contributed by atoms with Crippen LogP contribution in [-0.2, 0) is 0 Å². The van der Waals surface area contributed by atoms with Crippen LogP contribution in [0.5, 0.6) is 5.75 Å². The summed E-state index contributed by atoms with van der Waals surface area (Å²) in [6.07, 6.45) is 6.22. The first-order valence-electron chi connectivity index (χ1n) is 6.72. The predicted octanol–water partition coefficient (Wildman–Crippen LogP) is 1.72. The number of phenolic OH excluding ortho intramolecular Hbond substituents is 1. The minimum atomic E-state index is -0.551. The molecule has 3 rings (SSSR count). The van der Waals surface area contributed by atoms with Crippen LogP contribution in [0.2, 0.25) is 0 Å². The van der Waals surface area contributed by atoms with E-state index in [0.29, 0.717) is 11.6 Å². The molecule has 10 nitrogen and oxygen atoms in total. The van der Waals surface area contributed by atoms with Gasteiger partial charge in [0.25, 0.3) is 5.69 Å². The van der Waals surface area contributed by atoms with Crippen molar-refractivity contribution < 1.29 is 10.0 Å². The molecule has 0 aliphatic rings. The van der Waals surface area contributed by atoms with Crippen molar-refractivity contribution in [3.8, 4) is 11.6 Å². The summed E-state index contributed by atoms with van der Waals surface area (Å²) in [6, 6.07) is 7.04. The summed E-state index contributed by atoms with van der Waals surface area (Å²) >= 11 is 0. The molecule has 0 radical (unpaired) electrons. The average molecular weight is 325 g/mol. The van der Waals surface area contributed by atoms with E-state index in [1.807, 2.05) is 0 Å². The molecule has 120 valence electrons. The summed E-state index contributed by atoms with van der Waals surface area (Å²) in [4.78, 5) is 14.1. The van der Waals surface area contributed by atoms with Gasteiger partial charge in [0, 0.05) is 30.1 Å². The Bertz CT molecular complexity index is 876. The lowest BCUT2D eigenvalue weighted by molar-refractivity contribution is -0.384. The number of imidazole rings is 1. The van der Waals surface area contributed by atoms with Gasteiger partial charge in [-0.3, -0.25) is 20.1 Å². The number of aromatic hydroxyl groups is 1. The molecule has 0 bridgehead atoms. The highest BCUT2D eigenvalue weighted by Gasteiger charge is 2.08. The number of nitrogens with zero attached hydrogens (tertiary/aromatic N) is 6. The number of hydrogen-bond donors (Lipinski definition) is 2. The van der Waals surface area contributed by atoms with Crippen molar-refractivity contribution in [3.05, 3.63) is 64.7 Å². The van der Waals surface area contributed by atoms with Crippen LogP contribution in [0.3, 0.4) is 0 Å². The second-order valence-electron chi connectivity index (χ2n) is 4.62. The first kappa shape index (κ1) is 15.1. The molecule has 0 aliphatic heterocycles. The summed E-state index contributed by atoms with van der Waals surface area (Å²) in [5.41, 5.74) is 2.70. The van der Waals surface area contributed by atoms with E-state index in [2.05, 4.69) is 25.7 Å². The Kier molecular flexibility index (Phi) is 4.10. The monoisotopic (exact) mass is 325 g/mol. The summed E-state index contributed by atoms with van der Waals surface area (Å²) in [5, 5.41) is 32.2. The van der Waals surface area contributed by atoms with Gasteiger partial charge in [0.2, 0.25) is 0 Å². The lowest BCUT2D eigenvalue weighted by atomic mass is 10.2. The van der Waals surface area contributed by atoms with Crippen LogP contribution in [0.1, 0.15) is 5.56 Å². The fourth-order valence-electron chi connectivity index (χ4n) is 1.84. The van der Waals surface area contributed by atoms with Crippen molar-refractivity contribution in [2.24, 2.45) is 5.10 Å². The van der Waals surface area contributed by atoms with Gasteiger partial charge < -0.3 is 5.11 Å². The lowest BCUT2D eigenvalue weighted by Gasteiger charge is -2.02. The second kappa shape index (κ2) is 6.52. The van der Waals surface area contributed by atoms with Crippen LogP contribution in [0, 0.1) is 10.1 Å². The molecule has 2 aromatic heterocycles.